The molecule has 9 nitrogen and oxygen atoms in total. The van der Waals surface area contributed by atoms with Crippen molar-refractivity contribution >= 4 is 27.5 Å². The minimum atomic E-state index is -3.81. The van der Waals surface area contributed by atoms with E-state index in [1.54, 1.807) is 0 Å². The number of para-hydroxylation sites is 1. The summed E-state index contributed by atoms with van der Waals surface area (Å²) in [5, 5.41) is 20.7. The van der Waals surface area contributed by atoms with E-state index in [2.05, 4.69) is 10.2 Å². The molecular weight excluding hydrogens is 462 g/mol. The van der Waals surface area contributed by atoms with Crippen molar-refractivity contribution in [3.63, 3.8) is 0 Å². The third-order valence-corrected chi connectivity index (χ3v) is 8.61. The molecule has 0 saturated carbocycles. The van der Waals surface area contributed by atoms with Crippen molar-refractivity contribution in [3.05, 3.63) is 64.0 Å². The van der Waals surface area contributed by atoms with Crippen molar-refractivity contribution in [1.82, 2.24) is 19.1 Å². The summed E-state index contributed by atoms with van der Waals surface area (Å²) in [7, 11) is -3.81. The molecule has 0 amide bonds. The first-order valence-corrected chi connectivity index (χ1v) is 12.9. The van der Waals surface area contributed by atoms with Crippen molar-refractivity contribution in [3.8, 4) is 5.69 Å². The Morgan fingerprint density at radius 3 is 2.61 bits per heavy atom. The standard InChI is InChI=1S/C22H25N5O4S2/c1-15-7-6-12-25(14-15)33(30,31)18-10-11-21(20(13-18)27(28)29)32-22-24-23-17(3)26(22)19-9-5-4-8-16(19)2/h4-5,8-11,13,15H,6-7,12,14H2,1-3H3. The summed E-state index contributed by atoms with van der Waals surface area (Å²) in [5.41, 5.74) is 1.61. The molecule has 0 aliphatic carbocycles. The third kappa shape index (κ3) is 4.66. The average Bonchev–Trinajstić information content (AvgIpc) is 3.14. The van der Waals surface area contributed by atoms with Gasteiger partial charge in [-0.1, -0.05) is 25.1 Å². The quantitative estimate of drug-likeness (QED) is 0.375. The molecule has 3 aromatic rings. The number of aromatic nitrogens is 3. The lowest BCUT2D eigenvalue weighted by Gasteiger charge is -2.30. The van der Waals surface area contributed by atoms with Crippen molar-refractivity contribution in [2.75, 3.05) is 13.1 Å². The molecule has 33 heavy (non-hydrogen) atoms. The van der Waals surface area contributed by atoms with Crippen LogP contribution in [-0.2, 0) is 10.0 Å². The second-order valence-electron chi connectivity index (χ2n) is 8.25. The van der Waals surface area contributed by atoms with Crippen LogP contribution in [0.25, 0.3) is 5.69 Å². The molecule has 0 spiro atoms. The smallest absolute Gasteiger partial charge is 0.274 e. The number of nitrogens with zero attached hydrogens (tertiary/aromatic N) is 5. The van der Waals surface area contributed by atoms with Crippen molar-refractivity contribution in [2.45, 2.75) is 48.6 Å². The number of aryl methyl sites for hydroxylation is 2. The molecule has 0 bridgehead atoms. The molecule has 0 radical (unpaired) electrons. The van der Waals surface area contributed by atoms with Gasteiger partial charge in [0.25, 0.3) is 5.69 Å². The van der Waals surface area contributed by atoms with Crippen LogP contribution >= 0.6 is 11.8 Å². The van der Waals surface area contributed by atoms with Crippen LogP contribution in [-0.4, -0.2) is 45.5 Å². The van der Waals surface area contributed by atoms with Crippen LogP contribution < -0.4 is 0 Å². The topological polar surface area (TPSA) is 111 Å². The highest BCUT2D eigenvalue weighted by atomic mass is 32.2. The van der Waals surface area contributed by atoms with E-state index in [4.69, 9.17) is 0 Å². The molecule has 1 atom stereocenters. The predicted molar refractivity (Wildman–Crippen MR) is 125 cm³/mol. The average molecular weight is 488 g/mol. The first-order valence-electron chi connectivity index (χ1n) is 10.6. The lowest BCUT2D eigenvalue weighted by atomic mass is 10.0. The fourth-order valence-electron chi connectivity index (χ4n) is 4.00. The van der Waals surface area contributed by atoms with Gasteiger partial charge in [0, 0.05) is 19.2 Å². The van der Waals surface area contributed by atoms with Gasteiger partial charge in [-0.25, -0.2) is 8.42 Å². The number of piperidine rings is 1. The maximum atomic E-state index is 13.1. The highest BCUT2D eigenvalue weighted by Gasteiger charge is 2.31. The second kappa shape index (κ2) is 9.24. The van der Waals surface area contributed by atoms with Crippen LogP contribution in [0.15, 0.2) is 57.4 Å². The number of sulfonamides is 1. The second-order valence-corrected chi connectivity index (χ2v) is 11.2. The molecule has 1 aromatic heterocycles. The Bertz CT molecular complexity index is 1310. The lowest BCUT2D eigenvalue weighted by Crippen LogP contribution is -2.39. The number of nitro benzene ring substituents is 1. The summed E-state index contributed by atoms with van der Waals surface area (Å²) in [6.45, 7) is 6.64. The van der Waals surface area contributed by atoms with E-state index in [9.17, 15) is 18.5 Å². The van der Waals surface area contributed by atoms with Gasteiger partial charge in [-0.3, -0.25) is 14.7 Å². The number of benzene rings is 2. The summed E-state index contributed by atoms with van der Waals surface area (Å²) in [6.07, 6.45) is 1.76. The summed E-state index contributed by atoms with van der Waals surface area (Å²) in [4.78, 5) is 11.6. The van der Waals surface area contributed by atoms with E-state index in [1.165, 1.54) is 16.4 Å². The summed E-state index contributed by atoms with van der Waals surface area (Å²) < 4.78 is 29.5. The van der Waals surface area contributed by atoms with Gasteiger partial charge in [-0.2, -0.15) is 4.31 Å². The highest BCUT2D eigenvalue weighted by Crippen LogP contribution is 2.37. The Balaban J connectivity index is 1.71. The van der Waals surface area contributed by atoms with Crippen molar-refractivity contribution in [1.29, 1.82) is 0 Å². The molecule has 0 N–H and O–H groups in total. The van der Waals surface area contributed by atoms with Gasteiger partial charge < -0.3 is 0 Å². The molecule has 2 aromatic carbocycles. The highest BCUT2D eigenvalue weighted by molar-refractivity contribution is 7.99. The van der Waals surface area contributed by atoms with E-state index in [0.717, 1.165) is 41.9 Å². The van der Waals surface area contributed by atoms with Crippen LogP contribution in [0, 0.1) is 29.9 Å². The number of rotatable bonds is 6. The molecule has 1 aliphatic rings. The lowest BCUT2D eigenvalue weighted by molar-refractivity contribution is -0.388. The summed E-state index contributed by atoms with van der Waals surface area (Å²) in [6, 6.07) is 11.8. The van der Waals surface area contributed by atoms with Gasteiger partial charge in [0.15, 0.2) is 0 Å². The number of hydrogen-bond acceptors (Lipinski definition) is 7. The molecular formula is C22H25N5O4S2. The van der Waals surface area contributed by atoms with E-state index in [1.807, 2.05) is 49.6 Å². The fourth-order valence-corrected chi connectivity index (χ4v) is 6.59. The van der Waals surface area contributed by atoms with E-state index in [-0.39, 0.29) is 16.5 Å². The monoisotopic (exact) mass is 487 g/mol. The van der Waals surface area contributed by atoms with Crippen LogP contribution in [0.4, 0.5) is 5.69 Å². The minimum Gasteiger partial charge on any atom is -0.274 e. The largest absolute Gasteiger partial charge is 0.284 e. The van der Waals surface area contributed by atoms with Gasteiger partial charge in [0.2, 0.25) is 15.2 Å². The van der Waals surface area contributed by atoms with Crippen LogP contribution in [0.1, 0.15) is 31.2 Å². The Kier molecular flexibility index (Phi) is 6.55. The first kappa shape index (κ1) is 23.4. The SMILES string of the molecule is Cc1ccccc1-n1c(C)nnc1Sc1ccc(S(=O)(=O)N2CCCC(C)C2)cc1[N+](=O)[O-]. The van der Waals surface area contributed by atoms with Gasteiger partial charge in [0.05, 0.1) is 20.4 Å². The summed E-state index contributed by atoms with van der Waals surface area (Å²) >= 11 is 1.09. The third-order valence-electron chi connectivity index (χ3n) is 5.74. The van der Waals surface area contributed by atoms with Crippen LogP contribution in [0.3, 0.4) is 0 Å². The maximum absolute atomic E-state index is 13.1. The fraction of sp³-hybridized carbons (Fsp3) is 0.364. The number of hydrogen-bond donors (Lipinski definition) is 0. The van der Waals surface area contributed by atoms with Crippen molar-refractivity contribution in [2.24, 2.45) is 5.92 Å². The Morgan fingerprint density at radius 2 is 1.91 bits per heavy atom. The van der Waals surface area contributed by atoms with E-state index < -0.39 is 14.9 Å². The van der Waals surface area contributed by atoms with E-state index in [0.29, 0.717) is 29.0 Å². The molecule has 1 aliphatic heterocycles. The zero-order valence-corrected chi connectivity index (χ0v) is 20.3. The molecule has 11 heteroatoms. The van der Waals surface area contributed by atoms with Gasteiger partial charge >= 0.3 is 0 Å². The molecule has 174 valence electrons. The zero-order valence-electron chi connectivity index (χ0n) is 18.6. The molecule has 4 rings (SSSR count). The van der Waals surface area contributed by atoms with Crippen LogP contribution in [0.5, 0.6) is 0 Å². The Hall–Kier alpha value is -2.76. The van der Waals surface area contributed by atoms with Gasteiger partial charge in [0.1, 0.15) is 5.82 Å². The van der Waals surface area contributed by atoms with Crippen LogP contribution in [0.2, 0.25) is 0 Å². The molecule has 1 saturated heterocycles. The molecule has 1 unspecified atom stereocenters. The Morgan fingerprint density at radius 1 is 1.15 bits per heavy atom. The zero-order chi connectivity index (χ0) is 23.8. The normalized spacial score (nSPS) is 17.2. The maximum Gasteiger partial charge on any atom is 0.284 e. The Labute approximate surface area is 197 Å². The number of nitro groups is 1. The predicted octanol–water partition coefficient (Wildman–Crippen LogP) is 4.36. The minimum absolute atomic E-state index is 0.0656. The summed E-state index contributed by atoms with van der Waals surface area (Å²) in [5.74, 6) is 0.905. The molecule has 1 fully saturated rings. The van der Waals surface area contributed by atoms with Crippen molar-refractivity contribution < 1.29 is 13.3 Å². The van der Waals surface area contributed by atoms with Gasteiger partial charge in [-0.05, 0) is 68.1 Å². The first-order chi connectivity index (χ1) is 15.7. The van der Waals surface area contributed by atoms with E-state index >= 15 is 0 Å². The van der Waals surface area contributed by atoms with Gasteiger partial charge in [-0.15, -0.1) is 10.2 Å². The molecule has 2 heterocycles.